The van der Waals surface area contributed by atoms with Crippen molar-refractivity contribution in [3.8, 4) is 0 Å². The summed E-state index contributed by atoms with van der Waals surface area (Å²) in [5.74, 6) is -1.28. The largest absolute Gasteiger partial charge is 0.379 e. The maximum atomic E-state index is 13.4. The number of imide groups is 1. The van der Waals surface area contributed by atoms with Crippen molar-refractivity contribution in [1.82, 2.24) is 9.80 Å². The van der Waals surface area contributed by atoms with Gasteiger partial charge in [0.1, 0.15) is 11.9 Å². The molecule has 0 N–H and O–H groups in total. The Morgan fingerprint density at radius 3 is 2.42 bits per heavy atom. The van der Waals surface area contributed by atoms with Gasteiger partial charge in [0, 0.05) is 32.1 Å². The SMILES string of the molecule is O=C1CC(N(CCN2CCOCC2)C(=O)C2CCCCC2)C(=O)N1c1ccc(F)cc1. The van der Waals surface area contributed by atoms with Gasteiger partial charge in [-0.25, -0.2) is 9.29 Å². The maximum Gasteiger partial charge on any atom is 0.257 e. The summed E-state index contributed by atoms with van der Waals surface area (Å²) in [4.78, 5) is 44.4. The van der Waals surface area contributed by atoms with E-state index in [1.54, 1.807) is 4.90 Å². The van der Waals surface area contributed by atoms with E-state index in [0.29, 0.717) is 32.0 Å². The number of halogens is 1. The van der Waals surface area contributed by atoms with Crippen LogP contribution in [-0.4, -0.2) is 73.0 Å². The molecule has 2 aliphatic heterocycles. The van der Waals surface area contributed by atoms with E-state index in [2.05, 4.69) is 4.90 Å². The van der Waals surface area contributed by atoms with Gasteiger partial charge in [0.15, 0.2) is 0 Å². The zero-order chi connectivity index (χ0) is 21.8. The Morgan fingerprint density at radius 2 is 1.74 bits per heavy atom. The third-order valence-electron chi connectivity index (χ3n) is 6.58. The quantitative estimate of drug-likeness (QED) is 0.646. The lowest BCUT2D eigenvalue weighted by atomic mass is 9.88. The van der Waals surface area contributed by atoms with Crippen molar-refractivity contribution in [1.29, 1.82) is 0 Å². The minimum Gasteiger partial charge on any atom is -0.379 e. The first-order chi connectivity index (χ1) is 15.0. The van der Waals surface area contributed by atoms with Crippen LogP contribution in [0.2, 0.25) is 0 Å². The molecule has 31 heavy (non-hydrogen) atoms. The van der Waals surface area contributed by atoms with Crippen molar-refractivity contribution >= 4 is 23.4 Å². The van der Waals surface area contributed by atoms with E-state index < -0.39 is 17.8 Å². The highest BCUT2D eigenvalue weighted by molar-refractivity contribution is 6.23. The van der Waals surface area contributed by atoms with E-state index in [1.165, 1.54) is 24.3 Å². The lowest BCUT2D eigenvalue weighted by Crippen LogP contribution is -2.51. The Bertz CT molecular complexity index is 804. The minimum absolute atomic E-state index is 0.0138. The average molecular weight is 432 g/mol. The predicted octanol–water partition coefficient (Wildman–Crippen LogP) is 2.20. The molecule has 1 saturated carbocycles. The summed E-state index contributed by atoms with van der Waals surface area (Å²) >= 11 is 0. The van der Waals surface area contributed by atoms with Crippen molar-refractivity contribution in [2.45, 2.75) is 44.6 Å². The van der Waals surface area contributed by atoms with Gasteiger partial charge in [0.2, 0.25) is 11.8 Å². The first-order valence-electron chi connectivity index (χ1n) is 11.3. The topological polar surface area (TPSA) is 70.2 Å². The third-order valence-corrected chi connectivity index (χ3v) is 6.58. The second-order valence-corrected chi connectivity index (χ2v) is 8.58. The molecule has 0 radical (unpaired) electrons. The lowest BCUT2D eigenvalue weighted by Gasteiger charge is -2.35. The van der Waals surface area contributed by atoms with Crippen LogP contribution in [0.15, 0.2) is 24.3 Å². The minimum atomic E-state index is -0.798. The van der Waals surface area contributed by atoms with Crippen LogP contribution in [-0.2, 0) is 19.1 Å². The first-order valence-corrected chi connectivity index (χ1v) is 11.3. The molecule has 3 aliphatic rings. The van der Waals surface area contributed by atoms with Gasteiger partial charge in [-0.15, -0.1) is 0 Å². The van der Waals surface area contributed by atoms with Crippen molar-refractivity contribution in [3.63, 3.8) is 0 Å². The molecule has 3 fully saturated rings. The highest BCUT2D eigenvalue weighted by atomic mass is 19.1. The molecule has 2 heterocycles. The molecular formula is C23H30FN3O4. The molecule has 7 nitrogen and oxygen atoms in total. The second kappa shape index (κ2) is 9.87. The Labute approximate surface area is 182 Å². The number of carbonyl (C=O) groups excluding carboxylic acids is 3. The number of benzene rings is 1. The van der Waals surface area contributed by atoms with Gasteiger partial charge >= 0.3 is 0 Å². The van der Waals surface area contributed by atoms with Crippen molar-refractivity contribution in [2.24, 2.45) is 5.92 Å². The Hall–Kier alpha value is -2.32. The molecule has 0 aromatic heterocycles. The summed E-state index contributed by atoms with van der Waals surface area (Å²) in [5.41, 5.74) is 0.345. The average Bonchev–Trinajstić information content (AvgIpc) is 3.09. The monoisotopic (exact) mass is 431 g/mol. The number of carbonyl (C=O) groups is 3. The summed E-state index contributed by atoms with van der Waals surface area (Å²) in [7, 11) is 0. The van der Waals surface area contributed by atoms with Crippen LogP contribution in [0.4, 0.5) is 10.1 Å². The van der Waals surface area contributed by atoms with Crippen LogP contribution in [0, 0.1) is 11.7 Å². The van der Waals surface area contributed by atoms with Crippen molar-refractivity contribution in [2.75, 3.05) is 44.3 Å². The van der Waals surface area contributed by atoms with Crippen LogP contribution in [0.5, 0.6) is 0 Å². The van der Waals surface area contributed by atoms with E-state index in [1.807, 2.05) is 0 Å². The number of ether oxygens (including phenoxy) is 1. The highest BCUT2D eigenvalue weighted by Crippen LogP contribution is 2.30. The third kappa shape index (κ3) is 4.96. The van der Waals surface area contributed by atoms with Gasteiger partial charge in [0.05, 0.1) is 25.3 Å². The predicted molar refractivity (Wildman–Crippen MR) is 113 cm³/mol. The number of nitrogens with zero attached hydrogens (tertiary/aromatic N) is 3. The highest BCUT2D eigenvalue weighted by Gasteiger charge is 2.45. The van der Waals surface area contributed by atoms with E-state index in [4.69, 9.17) is 4.74 Å². The van der Waals surface area contributed by atoms with Crippen molar-refractivity contribution in [3.05, 3.63) is 30.1 Å². The van der Waals surface area contributed by atoms with Crippen LogP contribution in [0.3, 0.4) is 0 Å². The fourth-order valence-electron chi connectivity index (χ4n) is 4.80. The molecule has 1 aromatic rings. The van der Waals surface area contributed by atoms with Gasteiger partial charge in [-0.05, 0) is 37.1 Å². The second-order valence-electron chi connectivity index (χ2n) is 8.58. The summed E-state index contributed by atoms with van der Waals surface area (Å²) in [6, 6.07) is 4.51. The smallest absolute Gasteiger partial charge is 0.257 e. The number of hydrogen-bond donors (Lipinski definition) is 0. The van der Waals surface area contributed by atoms with Gasteiger partial charge in [-0.1, -0.05) is 19.3 Å². The van der Waals surface area contributed by atoms with Gasteiger partial charge < -0.3 is 9.64 Å². The Morgan fingerprint density at radius 1 is 1.06 bits per heavy atom. The molecule has 1 aromatic carbocycles. The van der Waals surface area contributed by atoms with E-state index >= 15 is 0 Å². The summed E-state index contributed by atoms with van der Waals surface area (Å²) < 4.78 is 18.7. The molecule has 168 valence electrons. The van der Waals surface area contributed by atoms with E-state index in [9.17, 15) is 18.8 Å². The summed E-state index contributed by atoms with van der Waals surface area (Å²) in [6.45, 7) is 3.98. The van der Waals surface area contributed by atoms with Crippen LogP contribution >= 0.6 is 0 Å². The molecule has 8 heteroatoms. The Balaban J connectivity index is 1.52. The molecule has 1 aliphatic carbocycles. The molecule has 0 spiro atoms. The van der Waals surface area contributed by atoms with Gasteiger partial charge in [-0.2, -0.15) is 0 Å². The molecular weight excluding hydrogens is 401 g/mol. The number of morpholine rings is 1. The first kappa shape index (κ1) is 21.9. The number of rotatable bonds is 6. The zero-order valence-electron chi connectivity index (χ0n) is 17.8. The normalized spacial score (nSPS) is 23.4. The fourth-order valence-corrected chi connectivity index (χ4v) is 4.80. The maximum absolute atomic E-state index is 13.4. The zero-order valence-corrected chi connectivity index (χ0v) is 17.8. The van der Waals surface area contributed by atoms with Crippen LogP contribution in [0.1, 0.15) is 38.5 Å². The number of amides is 3. The number of hydrogen-bond acceptors (Lipinski definition) is 5. The fraction of sp³-hybridized carbons (Fsp3) is 0.609. The molecule has 3 amide bonds. The molecule has 2 saturated heterocycles. The van der Waals surface area contributed by atoms with Gasteiger partial charge in [-0.3, -0.25) is 19.3 Å². The van der Waals surface area contributed by atoms with Crippen LogP contribution in [0.25, 0.3) is 0 Å². The van der Waals surface area contributed by atoms with Crippen molar-refractivity contribution < 1.29 is 23.5 Å². The van der Waals surface area contributed by atoms with Gasteiger partial charge in [0.25, 0.3) is 5.91 Å². The molecule has 1 unspecified atom stereocenters. The summed E-state index contributed by atoms with van der Waals surface area (Å²) in [6.07, 6.45) is 4.82. The molecule has 0 bridgehead atoms. The lowest BCUT2D eigenvalue weighted by molar-refractivity contribution is -0.143. The Kier molecular flexibility index (Phi) is 6.97. The van der Waals surface area contributed by atoms with E-state index in [-0.39, 0.29) is 24.2 Å². The number of anilines is 1. The van der Waals surface area contributed by atoms with Crippen LogP contribution < -0.4 is 4.90 Å². The van der Waals surface area contributed by atoms with E-state index in [0.717, 1.165) is 50.1 Å². The standard InChI is InChI=1S/C23H30FN3O4/c24-18-6-8-19(9-7-18)27-21(28)16-20(23(27)30)26(11-10-25-12-14-31-15-13-25)22(29)17-4-2-1-3-5-17/h6-9,17,20H,1-5,10-16H2. The molecule has 1 atom stereocenters. The summed E-state index contributed by atoms with van der Waals surface area (Å²) in [5, 5.41) is 0. The molecule has 4 rings (SSSR count).